The quantitative estimate of drug-likeness (QED) is 0.647. The fourth-order valence-corrected chi connectivity index (χ4v) is 4.65. The number of carbonyl (C=O) groups excluding carboxylic acids is 1. The number of carbonyl (C=O) groups is 1. The Bertz CT molecular complexity index is 851. The molecule has 138 valence electrons. The summed E-state index contributed by atoms with van der Waals surface area (Å²) in [6.07, 6.45) is 11.8. The van der Waals surface area contributed by atoms with E-state index in [1.807, 2.05) is 28.2 Å². The van der Waals surface area contributed by atoms with Gasteiger partial charge in [-0.2, -0.15) is 5.10 Å². The summed E-state index contributed by atoms with van der Waals surface area (Å²) in [6.45, 7) is 2.25. The lowest BCUT2D eigenvalue weighted by Crippen LogP contribution is -2.14. The van der Waals surface area contributed by atoms with Gasteiger partial charge in [0.15, 0.2) is 10.8 Å². The highest BCUT2D eigenvalue weighted by molar-refractivity contribution is 7.15. The number of H-pyrrole nitrogens is 1. The summed E-state index contributed by atoms with van der Waals surface area (Å²) >= 11 is 1.56. The zero-order valence-electron chi connectivity index (χ0n) is 15.1. The largest absolute Gasteiger partial charge is 0.309 e. The molecule has 0 spiro atoms. The first-order valence-corrected chi connectivity index (χ1v) is 10.4. The molecular formula is C19H25N5OS. The van der Waals surface area contributed by atoms with Crippen LogP contribution in [-0.4, -0.2) is 25.5 Å². The standard InChI is InChI=1S/C19H25N5OS/c1-2-3-4-13-5-6-14(9-13)16-11-17(23-22-16)21-18(25)10-15-12-24-7-8-26-19(24)20-15/h7-8,11-14H,2-6,9-10H2,1H3,(H2,21,22,23,25)/t13-,14+/m1/s1. The number of unbranched alkanes of at least 4 members (excludes halogenated alkanes) is 1. The molecule has 1 amide bonds. The third-order valence-corrected chi connectivity index (χ3v) is 6.07. The number of thiazole rings is 1. The van der Waals surface area contributed by atoms with Crippen molar-refractivity contribution in [2.45, 2.75) is 57.8 Å². The van der Waals surface area contributed by atoms with Crippen LogP contribution in [0.1, 0.15) is 62.8 Å². The first-order chi connectivity index (χ1) is 12.7. The zero-order valence-corrected chi connectivity index (χ0v) is 15.9. The van der Waals surface area contributed by atoms with Gasteiger partial charge >= 0.3 is 0 Å². The molecule has 0 bridgehead atoms. The van der Waals surface area contributed by atoms with Crippen LogP contribution in [0.4, 0.5) is 5.82 Å². The van der Waals surface area contributed by atoms with Gasteiger partial charge in [-0.3, -0.25) is 14.3 Å². The number of rotatable bonds is 7. The van der Waals surface area contributed by atoms with Crippen LogP contribution in [0, 0.1) is 5.92 Å². The van der Waals surface area contributed by atoms with Gasteiger partial charge in [0.25, 0.3) is 0 Å². The summed E-state index contributed by atoms with van der Waals surface area (Å²) in [7, 11) is 0. The molecule has 1 saturated carbocycles. The Balaban J connectivity index is 1.31. The van der Waals surface area contributed by atoms with E-state index in [-0.39, 0.29) is 12.3 Å². The van der Waals surface area contributed by atoms with E-state index in [0.29, 0.717) is 11.7 Å². The molecule has 1 fully saturated rings. The number of amides is 1. The molecule has 1 aliphatic carbocycles. The number of fused-ring (bicyclic) bond motifs is 1. The topological polar surface area (TPSA) is 75.1 Å². The number of nitrogens with zero attached hydrogens (tertiary/aromatic N) is 3. The van der Waals surface area contributed by atoms with E-state index in [2.05, 4.69) is 27.4 Å². The molecule has 3 heterocycles. The summed E-state index contributed by atoms with van der Waals surface area (Å²) in [6, 6.07) is 2.00. The molecule has 3 aromatic rings. The summed E-state index contributed by atoms with van der Waals surface area (Å²) in [5, 5.41) is 12.3. The molecule has 2 N–H and O–H groups in total. The Kier molecular flexibility index (Phi) is 5.06. The van der Waals surface area contributed by atoms with Gasteiger partial charge in [-0.15, -0.1) is 11.3 Å². The van der Waals surface area contributed by atoms with Gasteiger partial charge in [-0.05, 0) is 25.2 Å². The molecule has 2 atom stereocenters. The smallest absolute Gasteiger partial charge is 0.231 e. The van der Waals surface area contributed by atoms with E-state index in [0.717, 1.165) is 22.3 Å². The van der Waals surface area contributed by atoms with Crippen molar-refractivity contribution < 1.29 is 4.79 Å². The lowest BCUT2D eigenvalue weighted by atomic mass is 9.98. The lowest BCUT2D eigenvalue weighted by molar-refractivity contribution is -0.115. The summed E-state index contributed by atoms with van der Waals surface area (Å²) in [5.41, 5.74) is 1.93. The molecule has 6 nitrogen and oxygen atoms in total. The van der Waals surface area contributed by atoms with Gasteiger partial charge in [0.05, 0.1) is 12.1 Å². The van der Waals surface area contributed by atoms with Crippen molar-refractivity contribution in [1.29, 1.82) is 0 Å². The highest BCUT2D eigenvalue weighted by Crippen LogP contribution is 2.40. The average Bonchev–Trinajstić information content (AvgIpc) is 3.36. The van der Waals surface area contributed by atoms with Crippen LogP contribution < -0.4 is 5.32 Å². The van der Waals surface area contributed by atoms with E-state index >= 15 is 0 Å². The maximum absolute atomic E-state index is 12.3. The van der Waals surface area contributed by atoms with Crippen LogP contribution in [0.25, 0.3) is 4.96 Å². The van der Waals surface area contributed by atoms with Gasteiger partial charge in [0.2, 0.25) is 5.91 Å². The number of anilines is 1. The SMILES string of the molecule is CCCC[C@@H]1CC[C@H](c2cc(NC(=O)Cc3cn4ccsc4n3)n[nH]2)C1. The van der Waals surface area contributed by atoms with Gasteiger partial charge in [0.1, 0.15) is 0 Å². The Morgan fingerprint density at radius 2 is 2.38 bits per heavy atom. The van der Waals surface area contributed by atoms with E-state index in [4.69, 9.17) is 0 Å². The number of aromatic nitrogens is 4. The Labute approximate surface area is 157 Å². The number of imidazole rings is 1. The van der Waals surface area contributed by atoms with Crippen LogP contribution in [0.2, 0.25) is 0 Å². The van der Waals surface area contributed by atoms with E-state index in [9.17, 15) is 4.79 Å². The molecule has 4 rings (SSSR count). The van der Waals surface area contributed by atoms with Crippen molar-refractivity contribution in [3.05, 3.63) is 35.2 Å². The van der Waals surface area contributed by atoms with Gasteiger partial charge < -0.3 is 5.32 Å². The number of nitrogens with one attached hydrogen (secondary N) is 2. The van der Waals surface area contributed by atoms with Crippen LogP contribution in [0.3, 0.4) is 0 Å². The van der Waals surface area contributed by atoms with Crippen molar-refractivity contribution in [2.24, 2.45) is 5.92 Å². The molecule has 7 heteroatoms. The maximum Gasteiger partial charge on any atom is 0.231 e. The summed E-state index contributed by atoms with van der Waals surface area (Å²) in [4.78, 5) is 17.6. The molecular weight excluding hydrogens is 346 g/mol. The third-order valence-electron chi connectivity index (χ3n) is 5.30. The van der Waals surface area contributed by atoms with Crippen molar-refractivity contribution >= 4 is 28.0 Å². The second-order valence-corrected chi connectivity index (χ2v) is 8.15. The van der Waals surface area contributed by atoms with Crippen molar-refractivity contribution in [3.8, 4) is 0 Å². The van der Waals surface area contributed by atoms with Crippen LogP contribution >= 0.6 is 11.3 Å². The molecule has 26 heavy (non-hydrogen) atoms. The monoisotopic (exact) mass is 371 g/mol. The predicted octanol–water partition coefficient (Wildman–Crippen LogP) is 4.37. The number of hydrogen-bond acceptors (Lipinski definition) is 4. The minimum Gasteiger partial charge on any atom is -0.309 e. The highest BCUT2D eigenvalue weighted by atomic mass is 32.1. The molecule has 0 aromatic carbocycles. The van der Waals surface area contributed by atoms with Crippen LogP contribution in [0.15, 0.2) is 23.8 Å². The average molecular weight is 372 g/mol. The molecule has 0 radical (unpaired) electrons. The fourth-order valence-electron chi connectivity index (χ4n) is 3.93. The van der Waals surface area contributed by atoms with Crippen molar-refractivity contribution in [3.63, 3.8) is 0 Å². The van der Waals surface area contributed by atoms with Gasteiger partial charge in [0, 0.05) is 35.5 Å². The minimum atomic E-state index is -0.0824. The number of aromatic amines is 1. The lowest BCUT2D eigenvalue weighted by Gasteiger charge is -2.09. The van der Waals surface area contributed by atoms with E-state index in [1.54, 1.807) is 11.3 Å². The van der Waals surface area contributed by atoms with Gasteiger partial charge in [-0.1, -0.05) is 26.2 Å². The normalized spacial score (nSPS) is 20.0. The van der Waals surface area contributed by atoms with Crippen LogP contribution in [0.5, 0.6) is 0 Å². The van der Waals surface area contributed by atoms with E-state index in [1.165, 1.54) is 38.5 Å². The second kappa shape index (κ2) is 7.61. The van der Waals surface area contributed by atoms with Crippen molar-refractivity contribution in [2.75, 3.05) is 5.32 Å². The van der Waals surface area contributed by atoms with E-state index < -0.39 is 0 Å². The molecule has 0 unspecified atom stereocenters. The minimum absolute atomic E-state index is 0.0824. The van der Waals surface area contributed by atoms with Crippen molar-refractivity contribution in [1.82, 2.24) is 19.6 Å². The summed E-state index contributed by atoms with van der Waals surface area (Å²) in [5.74, 6) is 1.93. The maximum atomic E-state index is 12.3. The Morgan fingerprint density at radius 1 is 1.46 bits per heavy atom. The Hall–Kier alpha value is -2.15. The second-order valence-electron chi connectivity index (χ2n) is 7.28. The van der Waals surface area contributed by atoms with Crippen LogP contribution in [-0.2, 0) is 11.2 Å². The predicted molar refractivity (Wildman–Crippen MR) is 104 cm³/mol. The summed E-state index contributed by atoms with van der Waals surface area (Å²) < 4.78 is 1.94. The molecule has 3 aromatic heterocycles. The molecule has 0 aliphatic heterocycles. The van der Waals surface area contributed by atoms with Gasteiger partial charge in [-0.25, -0.2) is 4.98 Å². The third kappa shape index (κ3) is 3.82. The first kappa shape index (κ1) is 17.3. The number of hydrogen-bond donors (Lipinski definition) is 2. The molecule has 0 saturated heterocycles. The Morgan fingerprint density at radius 3 is 3.23 bits per heavy atom. The molecule has 1 aliphatic rings. The zero-order chi connectivity index (χ0) is 17.9. The highest BCUT2D eigenvalue weighted by Gasteiger charge is 2.26. The fraction of sp³-hybridized carbons (Fsp3) is 0.526. The first-order valence-electron chi connectivity index (χ1n) is 9.47.